The minimum atomic E-state index is 0.772. The van der Waals surface area contributed by atoms with Crippen LogP contribution in [0.25, 0.3) is 10.1 Å². The van der Waals surface area contributed by atoms with Crippen LogP contribution in [-0.2, 0) is 0 Å². The first-order valence-corrected chi connectivity index (χ1v) is 6.50. The van der Waals surface area contributed by atoms with E-state index in [0.717, 1.165) is 31.0 Å². The van der Waals surface area contributed by atoms with Crippen molar-refractivity contribution in [2.45, 2.75) is 9.79 Å². The van der Waals surface area contributed by atoms with Crippen LogP contribution in [0.2, 0.25) is 0 Å². The van der Waals surface area contributed by atoms with Crippen molar-refractivity contribution in [3.8, 4) is 0 Å². The molecular formula is C10H8OS3. The van der Waals surface area contributed by atoms with Gasteiger partial charge in [-0.3, -0.25) is 4.79 Å². The van der Waals surface area contributed by atoms with Crippen LogP contribution in [0.4, 0.5) is 0 Å². The largest absolute Gasteiger partial charge is 0.297 e. The van der Waals surface area contributed by atoms with Crippen molar-refractivity contribution in [3.63, 3.8) is 0 Å². The maximum Gasteiger partial charge on any atom is 0.160 e. The molecule has 0 saturated heterocycles. The summed E-state index contributed by atoms with van der Waals surface area (Å²) in [5.41, 5.74) is 0. The normalized spacial score (nSPS) is 10.7. The fourth-order valence-electron chi connectivity index (χ4n) is 1.37. The lowest BCUT2D eigenvalue weighted by Gasteiger charge is -2.01. The summed E-state index contributed by atoms with van der Waals surface area (Å²) in [7, 11) is 0. The van der Waals surface area contributed by atoms with Crippen molar-refractivity contribution < 1.29 is 4.79 Å². The molecule has 14 heavy (non-hydrogen) atoms. The average Bonchev–Trinajstić information content (AvgIpc) is 2.60. The van der Waals surface area contributed by atoms with Crippen LogP contribution in [0.15, 0.2) is 28.0 Å². The van der Waals surface area contributed by atoms with Crippen molar-refractivity contribution in [1.82, 2.24) is 0 Å². The molecule has 0 unspecified atom stereocenters. The highest BCUT2D eigenvalue weighted by Crippen LogP contribution is 2.36. The summed E-state index contributed by atoms with van der Waals surface area (Å²) in [6.45, 7) is 0. The molecule has 1 heterocycles. The predicted molar refractivity (Wildman–Crippen MR) is 66.2 cm³/mol. The van der Waals surface area contributed by atoms with Crippen LogP contribution >= 0.6 is 35.7 Å². The Morgan fingerprint density at radius 1 is 1.50 bits per heavy atom. The molecule has 0 fully saturated rings. The zero-order chi connectivity index (χ0) is 10.1. The Morgan fingerprint density at radius 2 is 2.29 bits per heavy atom. The van der Waals surface area contributed by atoms with E-state index in [1.54, 1.807) is 11.8 Å². The van der Waals surface area contributed by atoms with E-state index in [9.17, 15) is 4.79 Å². The smallest absolute Gasteiger partial charge is 0.160 e. The SMILES string of the molecule is CSc1c(S)ccc2sc(C=O)cc12. The molecule has 0 aliphatic heterocycles. The van der Waals surface area contributed by atoms with Crippen LogP contribution < -0.4 is 0 Å². The van der Waals surface area contributed by atoms with Gasteiger partial charge in [-0.1, -0.05) is 0 Å². The highest BCUT2D eigenvalue weighted by atomic mass is 32.2. The number of aldehydes is 1. The van der Waals surface area contributed by atoms with Crippen LogP contribution in [-0.4, -0.2) is 12.5 Å². The first-order chi connectivity index (χ1) is 6.76. The summed E-state index contributed by atoms with van der Waals surface area (Å²) in [5, 5.41) is 1.14. The van der Waals surface area contributed by atoms with Gasteiger partial charge in [0.1, 0.15) is 0 Å². The van der Waals surface area contributed by atoms with Crippen molar-refractivity contribution >= 4 is 52.1 Å². The van der Waals surface area contributed by atoms with Crippen LogP contribution in [0.3, 0.4) is 0 Å². The number of thioether (sulfide) groups is 1. The van der Waals surface area contributed by atoms with Gasteiger partial charge >= 0.3 is 0 Å². The van der Waals surface area contributed by atoms with E-state index in [0.29, 0.717) is 0 Å². The first-order valence-electron chi connectivity index (χ1n) is 4.01. The molecule has 0 amide bonds. The Balaban J connectivity index is 2.79. The number of hydrogen-bond acceptors (Lipinski definition) is 4. The fraction of sp³-hybridized carbons (Fsp3) is 0.100. The van der Waals surface area contributed by atoms with E-state index in [4.69, 9.17) is 0 Å². The molecule has 0 atom stereocenters. The Bertz CT molecular complexity index is 487. The van der Waals surface area contributed by atoms with E-state index in [1.165, 1.54) is 11.3 Å². The molecule has 2 aromatic rings. The number of rotatable bonds is 2. The number of carbonyl (C=O) groups is 1. The van der Waals surface area contributed by atoms with Crippen molar-refractivity contribution in [3.05, 3.63) is 23.1 Å². The van der Waals surface area contributed by atoms with E-state index in [2.05, 4.69) is 12.6 Å². The topological polar surface area (TPSA) is 17.1 Å². The third kappa shape index (κ3) is 1.58. The zero-order valence-corrected chi connectivity index (χ0v) is 10.0. The summed E-state index contributed by atoms with van der Waals surface area (Å²) in [5.74, 6) is 0. The molecule has 4 heteroatoms. The van der Waals surface area contributed by atoms with Gasteiger partial charge in [-0.2, -0.15) is 0 Å². The van der Waals surface area contributed by atoms with Crippen molar-refractivity contribution in [2.75, 3.05) is 6.26 Å². The Labute approximate surface area is 95.9 Å². The highest BCUT2D eigenvalue weighted by molar-refractivity contribution is 7.99. The monoisotopic (exact) mass is 240 g/mol. The molecule has 0 saturated carbocycles. The van der Waals surface area contributed by atoms with E-state index >= 15 is 0 Å². The van der Waals surface area contributed by atoms with Crippen LogP contribution in [0, 0.1) is 0 Å². The third-order valence-corrected chi connectivity index (χ3v) is 4.37. The molecular weight excluding hydrogens is 232 g/mol. The molecule has 2 rings (SSSR count). The quantitative estimate of drug-likeness (QED) is 0.489. The molecule has 1 aromatic carbocycles. The number of carbonyl (C=O) groups excluding carboxylic acids is 1. The number of thiol groups is 1. The second-order valence-corrected chi connectivity index (χ2v) is 5.21. The fourth-order valence-corrected chi connectivity index (χ4v) is 3.45. The maximum absolute atomic E-state index is 10.6. The Morgan fingerprint density at radius 3 is 2.93 bits per heavy atom. The lowest BCUT2D eigenvalue weighted by Crippen LogP contribution is -1.74. The van der Waals surface area contributed by atoms with Gasteiger partial charge in [0.2, 0.25) is 0 Å². The molecule has 1 nitrogen and oxygen atoms in total. The van der Waals surface area contributed by atoms with Crippen molar-refractivity contribution in [2.24, 2.45) is 0 Å². The molecule has 1 aromatic heterocycles. The minimum absolute atomic E-state index is 0.772. The van der Waals surface area contributed by atoms with Gasteiger partial charge in [0.15, 0.2) is 6.29 Å². The molecule has 0 bridgehead atoms. The summed E-state index contributed by atoms with van der Waals surface area (Å²) >= 11 is 7.57. The van der Waals surface area contributed by atoms with Gasteiger partial charge < -0.3 is 0 Å². The molecule has 0 N–H and O–H groups in total. The number of hydrogen-bond donors (Lipinski definition) is 1. The molecule has 0 aliphatic rings. The van der Waals surface area contributed by atoms with E-state index < -0.39 is 0 Å². The summed E-state index contributed by atoms with van der Waals surface area (Å²) < 4.78 is 1.15. The van der Waals surface area contributed by atoms with E-state index in [1.807, 2.05) is 24.5 Å². The first kappa shape index (κ1) is 10.1. The predicted octanol–water partition coefficient (Wildman–Crippen LogP) is 3.72. The lowest BCUT2D eigenvalue weighted by molar-refractivity contribution is 0.112. The summed E-state index contributed by atoms with van der Waals surface area (Å²) in [6, 6.07) is 5.91. The lowest BCUT2D eigenvalue weighted by atomic mass is 10.2. The van der Waals surface area contributed by atoms with Crippen LogP contribution in [0.1, 0.15) is 9.67 Å². The maximum atomic E-state index is 10.6. The van der Waals surface area contributed by atoms with Gasteiger partial charge in [-0.15, -0.1) is 35.7 Å². The van der Waals surface area contributed by atoms with Gasteiger partial charge in [0, 0.05) is 19.9 Å². The van der Waals surface area contributed by atoms with E-state index in [-0.39, 0.29) is 0 Å². The molecule has 72 valence electrons. The van der Waals surface area contributed by atoms with Gasteiger partial charge in [-0.25, -0.2) is 0 Å². The molecule has 0 radical (unpaired) electrons. The number of fused-ring (bicyclic) bond motifs is 1. The van der Waals surface area contributed by atoms with Gasteiger partial charge in [0.25, 0.3) is 0 Å². The highest BCUT2D eigenvalue weighted by Gasteiger charge is 2.07. The summed E-state index contributed by atoms with van der Waals surface area (Å²) in [6.07, 6.45) is 2.92. The number of benzene rings is 1. The van der Waals surface area contributed by atoms with Crippen LogP contribution in [0.5, 0.6) is 0 Å². The minimum Gasteiger partial charge on any atom is -0.297 e. The number of thiophene rings is 1. The molecule has 0 aliphatic carbocycles. The molecule has 0 spiro atoms. The second-order valence-electron chi connectivity index (χ2n) is 2.80. The van der Waals surface area contributed by atoms with Gasteiger partial charge in [0.05, 0.1) is 4.88 Å². The third-order valence-electron chi connectivity index (χ3n) is 1.97. The average molecular weight is 240 g/mol. The second kappa shape index (κ2) is 3.96. The Hall–Kier alpha value is -0.450. The summed E-state index contributed by atoms with van der Waals surface area (Å²) in [4.78, 5) is 13.5. The van der Waals surface area contributed by atoms with Gasteiger partial charge in [-0.05, 0) is 24.5 Å². The zero-order valence-electron chi connectivity index (χ0n) is 7.48. The Kier molecular flexibility index (Phi) is 2.85. The standard InChI is InChI=1S/C10H8OS3/c1-13-10-7-4-6(5-11)14-9(7)3-2-8(10)12/h2-5,12H,1H3. The van der Waals surface area contributed by atoms with Crippen molar-refractivity contribution in [1.29, 1.82) is 0 Å².